The number of hydrogen-bond acceptors (Lipinski definition) is 2. The molecule has 0 aliphatic rings. The average molecular weight is 213 g/mol. The van der Waals surface area contributed by atoms with Gasteiger partial charge < -0.3 is 4.84 Å². The zero-order chi connectivity index (χ0) is 11.1. The molecule has 0 atom stereocenters. The van der Waals surface area contributed by atoms with Crippen LogP contribution in [0.1, 0.15) is 30.9 Å². The Kier molecular flexibility index (Phi) is 4.74. The summed E-state index contributed by atoms with van der Waals surface area (Å²) >= 11 is 0. The van der Waals surface area contributed by atoms with Crippen molar-refractivity contribution >= 4 is 6.21 Å². The molecular weight excluding hydrogens is 200 g/mol. The minimum Gasteiger partial charge on any atom is -0.391 e. The molecule has 0 radical (unpaired) electrons. The summed E-state index contributed by atoms with van der Waals surface area (Å²) in [5, 5.41) is 3.62. The van der Waals surface area contributed by atoms with Crippen LogP contribution in [0.15, 0.2) is 29.4 Å². The lowest BCUT2D eigenvalue weighted by Crippen LogP contribution is -1.95. The van der Waals surface area contributed by atoms with Crippen LogP contribution in [0.3, 0.4) is 0 Å². The molecule has 0 aliphatic carbocycles. The minimum absolute atomic E-state index is 0.00389. The molecule has 15 heavy (non-hydrogen) atoms. The maximum atomic E-state index is 12.5. The largest absolute Gasteiger partial charge is 0.391 e. The smallest absolute Gasteiger partial charge is 0.264 e. The van der Waals surface area contributed by atoms with E-state index in [-0.39, 0.29) is 12.2 Å². The minimum atomic E-state index is -2.47. The second kappa shape index (κ2) is 6.11. The summed E-state index contributed by atoms with van der Waals surface area (Å²) < 4.78 is 25.0. The number of oxime groups is 1. The lowest BCUT2D eigenvalue weighted by atomic mass is 10.1. The molecule has 1 aromatic carbocycles. The van der Waals surface area contributed by atoms with Gasteiger partial charge in [0.05, 0.1) is 0 Å². The van der Waals surface area contributed by atoms with Crippen LogP contribution >= 0.6 is 0 Å². The molecule has 2 nitrogen and oxygen atoms in total. The van der Waals surface area contributed by atoms with E-state index in [9.17, 15) is 8.78 Å². The first-order valence-corrected chi connectivity index (χ1v) is 4.75. The van der Waals surface area contributed by atoms with E-state index in [0.29, 0.717) is 5.56 Å². The van der Waals surface area contributed by atoms with Gasteiger partial charge in [-0.15, -0.1) is 0 Å². The summed E-state index contributed by atoms with van der Waals surface area (Å²) in [6.45, 7) is 2.00. The Bertz CT molecular complexity index is 326. The molecule has 0 aliphatic heterocycles. The van der Waals surface area contributed by atoms with Crippen molar-refractivity contribution in [2.75, 3.05) is 0 Å². The molecular formula is C11H13F2NO. The zero-order valence-corrected chi connectivity index (χ0v) is 8.49. The van der Waals surface area contributed by atoms with Crippen LogP contribution in [-0.2, 0) is 11.4 Å². The van der Waals surface area contributed by atoms with E-state index in [2.05, 4.69) is 5.16 Å². The Morgan fingerprint density at radius 3 is 2.80 bits per heavy atom. The van der Waals surface area contributed by atoms with Crippen molar-refractivity contribution in [3.63, 3.8) is 0 Å². The lowest BCUT2D eigenvalue weighted by Gasteiger charge is -2.06. The normalized spacial score (nSPS) is 11.2. The highest BCUT2D eigenvalue weighted by molar-refractivity contribution is 5.55. The van der Waals surface area contributed by atoms with Gasteiger partial charge in [0.1, 0.15) is 6.61 Å². The molecule has 0 bridgehead atoms. The highest BCUT2D eigenvalue weighted by Gasteiger charge is 2.11. The van der Waals surface area contributed by atoms with Crippen molar-refractivity contribution in [1.29, 1.82) is 0 Å². The van der Waals surface area contributed by atoms with E-state index in [1.54, 1.807) is 24.4 Å². The van der Waals surface area contributed by atoms with Crippen LogP contribution in [0.2, 0.25) is 0 Å². The molecule has 0 unspecified atom stereocenters. The monoisotopic (exact) mass is 213 g/mol. The van der Waals surface area contributed by atoms with Crippen LogP contribution in [0, 0.1) is 0 Å². The van der Waals surface area contributed by atoms with E-state index in [0.717, 1.165) is 6.42 Å². The molecule has 1 rings (SSSR count). The third-order valence-electron chi connectivity index (χ3n) is 1.84. The number of nitrogens with zero attached hydrogens (tertiary/aromatic N) is 1. The molecule has 0 N–H and O–H groups in total. The van der Waals surface area contributed by atoms with Crippen LogP contribution in [-0.4, -0.2) is 6.21 Å². The van der Waals surface area contributed by atoms with Gasteiger partial charge in [0, 0.05) is 17.3 Å². The van der Waals surface area contributed by atoms with Crippen molar-refractivity contribution in [3.8, 4) is 0 Å². The van der Waals surface area contributed by atoms with E-state index in [1.165, 1.54) is 6.07 Å². The van der Waals surface area contributed by atoms with E-state index < -0.39 is 6.43 Å². The van der Waals surface area contributed by atoms with E-state index in [4.69, 9.17) is 4.84 Å². The summed E-state index contributed by atoms with van der Waals surface area (Å²) in [5.74, 6) is 0. The number of rotatable bonds is 5. The topological polar surface area (TPSA) is 21.6 Å². The van der Waals surface area contributed by atoms with Gasteiger partial charge in [-0.1, -0.05) is 36.3 Å². The van der Waals surface area contributed by atoms with E-state index >= 15 is 0 Å². The summed E-state index contributed by atoms with van der Waals surface area (Å²) in [5.41, 5.74) is 0.477. The second-order valence-electron chi connectivity index (χ2n) is 2.97. The highest BCUT2D eigenvalue weighted by atomic mass is 19.3. The van der Waals surface area contributed by atoms with Crippen molar-refractivity contribution in [1.82, 2.24) is 0 Å². The molecule has 0 saturated heterocycles. The van der Waals surface area contributed by atoms with Crippen molar-refractivity contribution in [2.45, 2.75) is 26.4 Å². The second-order valence-corrected chi connectivity index (χ2v) is 2.97. The first-order chi connectivity index (χ1) is 7.25. The van der Waals surface area contributed by atoms with Gasteiger partial charge in [-0.05, 0) is 6.42 Å². The third kappa shape index (κ3) is 3.65. The summed E-state index contributed by atoms with van der Waals surface area (Å²) in [7, 11) is 0. The quantitative estimate of drug-likeness (QED) is 0.541. The van der Waals surface area contributed by atoms with Gasteiger partial charge in [-0.3, -0.25) is 0 Å². The Morgan fingerprint density at radius 2 is 2.13 bits per heavy atom. The third-order valence-corrected chi connectivity index (χ3v) is 1.84. The average Bonchev–Trinajstić information content (AvgIpc) is 2.25. The molecule has 0 aromatic heterocycles. The van der Waals surface area contributed by atoms with Gasteiger partial charge in [0.25, 0.3) is 6.43 Å². The number of benzene rings is 1. The molecule has 0 saturated carbocycles. The standard InChI is InChI=1S/C11H13F2NO/c1-2-7-14-15-8-9-5-3-4-6-10(9)11(12)13/h3-7,11H,2,8H2,1H3. The first kappa shape index (κ1) is 11.6. The highest BCUT2D eigenvalue weighted by Crippen LogP contribution is 2.23. The molecule has 82 valence electrons. The predicted octanol–water partition coefficient (Wildman–Crippen LogP) is 3.54. The van der Waals surface area contributed by atoms with Crippen LogP contribution in [0.25, 0.3) is 0 Å². The lowest BCUT2D eigenvalue weighted by molar-refractivity contribution is 0.119. The van der Waals surface area contributed by atoms with Gasteiger partial charge in [-0.2, -0.15) is 0 Å². The Morgan fingerprint density at radius 1 is 1.40 bits per heavy atom. The van der Waals surface area contributed by atoms with Crippen molar-refractivity contribution in [2.24, 2.45) is 5.16 Å². The molecule has 4 heteroatoms. The Balaban J connectivity index is 2.63. The molecule has 0 amide bonds. The van der Waals surface area contributed by atoms with Crippen molar-refractivity contribution in [3.05, 3.63) is 35.4 Å². The van der Waals surface area contributed by atoms with E-state index in [1.807, 2.05) is 6.92 Å². The maximum absolute atomic E-state index is 12.5. The zero-order valence-electron chi connectivity index (χ0n) is 8.49. The number of halogens is 2. The molecule has 0 fully saturated rings. The number of alkyl halides is 2. The van der Waals surface area contributed by atoms with Gasteiger partial charge in [-0.25, -0.2) is 8.78 Å². The summed E-state index contributed by atoms with van der Waals surface area (Å²) in [6, 6.07) is 6.30. The summed E-state index contributed by atoms with van der Waals surface area (Å²) in [6.07, 6.45) is -0.124. The molecule has 1 aromatic rings. The number of hydrogen-bond donors (Lipinski definition) is 0. The van der Waals surface area contributed by atoms with Gasteiger partial charge in [0.15, 0.2) is 0 Å². The fourth-order valence-corrected chi connectivity index (χ4v) is 1.11. The first-order valence-electron chi connectivity index (χ1n) is 4.75. The SMILES string of the molecule is CCC=NOCc1ccccc1C(F)F. The fraction of sp³-hybridized carbons (Fsp3) is 0.364. The van der Waals surface area contributed by atoms with Gasteiger partial charge in [0.2, 0.25) is 0 Å². The van der Waals surface area contributed by atoms with Crippen LogP contribution < -0.4 is 0 Å². The molecule has 0 heterocycles. The van der Waals surface area contributed by atoms with Crippen LogP contribution in [0.5, 0.6) is 0 Å². The predicted molar refractivity (Wildman–Crippen MR) is 55.0 cm³/mol. The summed E-state index contributed by atoms with van der Waals surface area (Å²) in [4.78, 5) is 4.89. The van der Waals surface area contributed by atoms with Crippen LogP contribution in [0.4, 0.5) is 8.78 Å². The van der Waals surface area contributed by atoms with Gasteiger partial charge >= 0.3 is 0 Å². The maximum Gasteiger partial charge on any atom is 0.264 e. The molecule has 0 spiro atoms. The Hall–Kier alpha value is -1.45. The Labute approximate surface area is 87.6 Å². The fourth-order valence-electron chi connectivity index (χ4n) is 1.11. The van der Waals surface area contributed by atoms with Crippen molar-refractivity contribution < 1.29 is 13.6 Å².